The molecule has 0 unspecified atom stereocenters. The van der Waals surface area contributed by atoms with Gasteiger partial charge in [0, 0.05) is 5.41 Å². The van der Waals surface area contributed by atoms with Crippen molar-refractivity contribution in [1.29, 1.82) is 0 Å². The molecule has 33 atom stereocenters. The molecule has 86 heavy (non-hydrogen) atoms. The smallest absolute Gasteiger partial charge is 0.315 e. The van der Waals surface area contributed by atoms with E-state index in [1.807, 2.05) is 6.92 Å². The molecule has 5 aliphatic carbocycles. The second-order valence-corrected chi connectivity index (χ2v) is 28.5. The summed E-state index contributed by atoms with van der Waals surface area (Å²) >= 11 is 0. The van der Waals surface area contributed by atoms with Crippen LogP contribution in [0.3, 0.4) is 0 Å². The van der Waals surface area contributed by atoms with Crippen molar-refractivity contribution < 1.29 is 134 Å². The predicted octanol–water partition coefficient (Wildman–Crippen LogP) is -3.57. The molecule has 494 valence electrons. The second-order valence-electron chi connectivity index (χ2n) is 28.5. The number of aliphatic hydroxyl groups is 16. The molecule has 0 amide bonds. The van der Waals surface area contributed by atoms with Gasteiger partial charge in [-0.3, -0.25) is 4.79 Å². The minimum Gasteiger partial charge on any atom is -0.432 e. The first-order chi connectivity index (χ1) is 40.4. The average Bonchev–Trinajstić information content (AvgIpc) is 0.679. The van der Waals surface area contributed by atoms with E-state index in [9.17, 15) is 81.7 Å². The van der Waals surface area contributed by atoms with Crippen molar-refractivity contribution in [3.8, 4) is 0 Å². The van der Waals surface area contributed by atoms with Gasteiger partial charge in [-0.15, -0.1) is 0 Å². The molecular weight excluding hydrogens is 1140 g/mol. The molecule has 10 aliphatic rings. The highest BCUT2D eigenvalue weighted by Gasteiger charge is 2.71. The van der Waals surface area contributed by atoms with E-state index in [-0.39, 0.29) is 47.2 Å². The molecule has 0 bridgehead atoms. The summed E-state index contributed by atoms with van der Waals surface area (Å²) in [5.74, 6) is -0.894. The summed E-state index contributed by atoms with van der Waals surface area (Å²) in [7, 11) is 0. The number of hydrogen-bond donors (Lipinski definition) is 16. The van der Waals surface area contributed by atoms with Gasteiger partial charge in [-0.1, -0.05) is 53.2 Å². The fourth-order valence-electron chi connectivity index (χ4n) is 17.6. The van der Waals surface area contributed by atoms with Crippen LogP contribution in [0, 0.1) is 50.2 Å². The largest absolute Gasteiger partial charge is 0.432 e. The summed E-state index contributed by atoms with van der Waals surface area (Å²) in [4.78, 5) is 15.2. The van der Waals surface area contributed by atoms with E-state index in [0.717, 1.165) is 6.42 Å². The molecule has 0 aromatic carbocycles. The van der Waals surface area contributed by atoms with Crippen LogP contribution in [-0.4, -0.2) is 274 Å². The molecule has 0 radical (unpaired) electrons. The molecule has 27 heteroatoms. The molecule has 10 rings (SSSR count). The van der Waals surface area contributed by atoms with Crippen LogP contribution in [-0.2, 0) is 52.2 Å². The van der Waals surface area contributed by atoms with Crippen LogP contribution in [0.1, 0.15) is 113 Å². The first kappa shape index (κ1) is 67.1. The number of rotatable bonds is 14. The molecule has 27 nitrogen and oxygen atoms in total. The Hall–Kier alpha value is -1.79. The summed E-state index contributed by atoms with van der Waals surface area (Å²) in [6.07, 6.45) is -31.0. The summed E-state index contributed by atoms with van der Waals surface area (Å²) in [6.45, 7) is 12.0. The van der Waals surface area contributed by atoms with E-state index in [2.05, 4.69) is 40.7 Å². The van der Waals surface area contributed by atoms with Gasteiger partial charge in [0.2, 0.25) is 6.29 Å². The number of carbonyl (C=O) groups is 1. The Morgan fingerprint density at radius 2 is 1.14 bits per heavy atom. The molecule has 5 saturated heterocycles. The van der Waals surface area contributed by atoms with Gasteiger partial charge in [-0.05, 0) is 111 Å². The maximum atomic E-state index is 15.2. The topological polar surface area (TPSA) is 433 Å². The summed E-state index contributed by atoms with van der Waals surface area (Å²) in [6, 6.07) is 0. The van der Waals surface area contributed by atoms with Gasteiger partial charge in [0.1, 0.15) is 110 Å². The van der Waals surface area contributed by atoms with Gasteiger partial charge in [-0.2, -0.15) is 0 Å². The minimum atomic E-state index is -1.91. The van der Waals surface area contributed by atoms with Gasteiger partial charge < -0.3 is 129 Å². The Balaban J connectivity index is 0.821. The monoisotopic (exact) mass is 1240 g/mol. The van der Waals surface area contributed by atoms with Crippen LogP contribution in [0.4, 0.5) is 0 Å². The first-order valence-corrected chi connectivity index (χ1v) is 30.8. The number of esters is 1. The number of fused-ring (bicyclic) bond motifs is 7. The fraction of sp³-hybridized carbons (Fsp3) is 0.949. The van der Waals surface area contributed by atoms with Crippen molar-refractivity contribution in [2.75, 3.05) is 33.0 Å². The highest BCUT2D eigenvalue weighted by Crippen LogP contribution is 2.76. The lowest BCUT2D eigenvalue weighted by Crippen LogP contribution is -2.67. The fourth-order valence-corrected chi connectivity index (χ4v) is 17.6. The van der Waals surface area contributed by atoms with E-state index in [1.54, 1.807) is 0 Å². The van der Waals surface area contributed by atoms with Crippen LogP contribution in [0.5, 0.6) is 0 Å². The molecule has 5 heterocycles. The zero-order chi connectivity index (χ0) is 62.7. The molecule has 5 aliphatic heterocycles. The van der Waals surface area contributed by atoms with Crippen LogP contribution < -0.4 is 0 Å². The maximum absolute atomic E-state index is 15.2. The van der Waals surface area contributed by atoms with Crippen LogP contribution in [0.15, 0.2) is 11.6 Å². The third-order valence-corrected chi connectivity index (χ3v) is 23.2. The second kappa shape index (κ2) is 24.9. The Morgan fingerprint density at radius 3 is 1.80 bits per heavy atom. The van der Waals surface area contributed by atoms with Gasteiger partial charge in [0.25, 0.3) is 0 Å². The van der Waals surface area contributed by atoms with Crippen molar-refractivity contribution in [2.45, 2.75) is 266 Å². The quantitative estimate of drug-likeness (QED) is 0.0454. The summed E-state index contributed by atoms with van der Waals surface area (Å²) < 4.78 is 58.8. The van der Waals surface area contributed by atoms with Crippen LogP contribution in [0.2, 0.25) is 0 Å². The Morgan fingerprint density at radius 1 is 0.558 bits per heavy atom. The van der Waals surface area contributed by atoms with Gasteiger partial charge >= 0.3 is 5.97 Å². The van der Waals surface area contributed by atoms with Gasteiger partial charge in [0.15, 0.2) is 25.2 Å². The molecule has 4 saturated carbocycles. The van der Waals surface area contributed by atoms with Crippen LogP contribution >= 0.6 is 0 Å². The van der Waals surface area contributed by atoms with E-state index in [1.165, 1.54) is 12.5 Å². The first-order valence-electron chi connectivity index (χ1n) is 30.8. The maximum Gasteiger partial charge on any atom is 0.315 e. The zero-order valence-corrected chi connectivity index (χ0v) is 50.0. The lowest BCUT2D eigenvalue weighted by molar-refractivity contribution is -0.361. The number of allylic oxidation sites excluding steroid dienone is 2. The minimum absolute atomic E-state index is 0.0781. The third-order valence-electron chi connectivity index (χ3n) is 23.2. The Kier molecular flexibility index (Phi) is 19.4. The molecule has 0 spiro atoms. The van der Waals surface area contributed by atoms with Gasteiger partial charge in [-0.25, -0.2) is 0 Å². The lowest BCUT2D eigenvalue weighted by Gasteiger charge is -2.71. The van der Waals surface area contributed by atoms with Crippen LogP contribution in [0.25, 0.3) is 0 Å². The van der Waals surface area contributed by atoms with Crippen molar-refractivity contribution >= 4 is 5.97 Å². The number of carbonyl (C=O) groups excluding carboxylic acids is 1. The number of ether oxygens (including phenoxy) is 10. The van der Waals surface area contributed by atoms with Crippen molar-refractivity contribution in [3.05, 3.63) is 11.6 Å². The van der Waals surface area contributed by atoms with Crippen molar-refractivity contribution in [3.63, 3.8) is 0 Å². The van der Waals surface area contributed by atoms with Crippen molar-refractivity contribution in [2.24, 2.45) is 50.2 Å². The molecule has 16 N–H and O–H groups in total. The van der Waals surface area contributed by atoms with E-state index >= 15 is 4.79 Å². The SMILES string of the molecule is C[C@@H]1O[C@H](O[C@@H]2[C@@H](O)[C@H](O)[C@@H](OC[C@@H]3O[C@H](OC(=O)[C@]45CCC(C)(C)C[C@H]4C4=CC[C@H]6[C@]7(C)CC[C@H](O[C@H]8OC[C@H](O)[C@@H](O[C@H]9O[C@@H](CO)[C@H](O)[C@@H](O)[C@@H]9O)[C@@H]8O)[C@@](C)(CO)[C@H]7CC[C@]6(C)[C@@]4(C)CC5)[C@@H](O)[C@H](O)[C@H]3O)O[C@H]2CO)[C@@H](O)[C@H](O)[C@H]1O. The highest BCUT2D eigenvalue weighted by atomic mass is 16.8. The third kappa shape index (κ3) is 11.2. The van der Waals surface area contributed by atoms with Crippen molar-refractivity contribution in [1.82, 2.24) is 0 Å². The Bertz CT molecular complexity index is 2380. The molecular formula is C59H96O27. The highest BCUT2D eigenvalue weighted by molar-refractivity contribution is 5.79. The van der Waals surface area contributed by atoms with E-state index in [0.29, 0.717) is 57.8 Å². The van der Waals surface area contributed by atoms with Gasteiger partial charge in [0.05, 0.1) is 50.7 Å². The zero-order valence-electron chi connectivity index (χ0n) is 50.0. The molecule has 0 aromatic heterocycles. The average molecular weight is 1240 g/mol. The normalized spacial score (nSPS) is 54.8. The number of hydrogen-bond acceptors (Lipinski definition) is 27. The summed E-state index contributed by atoms with van der Waals surface area (Å²) in [5, 5.41) is 173. The van der Waals surface area contributed by atoms with E-state index < -0.39 is 196 Å². The summed E-state index contributed by atoms with van der Waals surface area (Å²) in [5.41, 5.74) is -1.99. The lowest BCUT2D eigenvalue weighted by atomic mass is 9.33. The standard InChI is InChI=1S/C59H96O27/c1-24-34(64)37(67)41(71)50(79-24)85-47-29(20-61)81-48(44(74)40(47)70)78-22-30-36(66)39(69)43(73)52(82-30)86-53(76)59-16-14-54(2,3)18-26(59)25-8-9-32-55(4)12-11-33(56(5,23-62)31(55)10-13-58(32,7)57(25,6)15-17-59)83-49-45(75)46(27(63)21-77-49)84-51-42(72)38(68)35(65)28(19-60)80-51/h8,24,26-52,60-75H,9-23H2,1-7H3/t24-,26-,27-,28-,29-,30-,31-,32-,33-,34-,35-,36-,37+,38+,39+,40-,41-,42-,43-,44-,45-,46+,47-,48-,49+,50+,51+,52+,55+,56-,57-,58-,59-/m0/s1. The molecule has 0 aromatic rings. The molecule has 9 fully saturated rings. The Labute approximate surface area is 499 Å². The number of aliphatic hydroxyl groups excluding tert-OH is 16. The van der Waals surface area contributed by atoms with E-state index in [4.69, 9.17) is 47.4 Å². The predicted molar refractivity (Wildman–Crippen MR) is 289 cm³/mol.